The van der Waals surface area contributed by atoms with Crippen LogP contribution in [0, 0.1) is 0 Å². The highest BCUT2D eigenvalue weighted by molar-refractivity contribution is 6.35. The highest BCUT2D eigenvalue weighted by atomic mass is 16.5. The van der Waals surface area contributed by atoms with E-state index in [0.717, 1.165) is 0 Å². The van der Waals surface area contributed by atoms with E-state index in [-0.39, 0.29) is 4.73 Å². The van der Waals surface area contributed by atoms with Crippen molar-refractivity contribution in [3.8, 4) is 5.88 Å². The Labute approximate surface area is 82.5 Å². The molecule has 8 nitrogen and oxygen atoms in total. The summed E-state index contributed by atoms with van der Waals surface area (Å²) in [5.41, 5.74) is 3.70. The predicted octanol–water partition coefficient (Wildman–Crippen LogP) is -2.22. The molecule has 0 bridgehead atoms. The van der Waals surface area contributed by atoms with Crippen molar-refractivity contribution in [2.75, 3.05) is 0 Å². The molecule has 0 unspecified atom stereocenters. The van der Waals surface area contributed by atoms with Crippen molar-refractivity contribution < 1.29 is 19.9 Å². The molecule has 0 aliphatic heterocycles. The van der Waals surface area contributed by atoms with Crippen molar-refractivity contribution in [1.29, 1.82) is 0 Å². The van der Waals surface area contributed by atoms with Gasteiger partial charge in [-0.15, -0.1) is 4.73 Å². The zero-order valence-electron chi connectivity index (χ0n) is 7.38. The molecule has 1 heterocycles. The van der Waals surface area contributed by atoms with Gasteiger partial charge in [0, 0.05) is 0 Å². The van der Waals surface area contributed by atoms with Crippen LogP contribution < -0.4 is 11.3 Å². The molecule has 8 heteroatoms. The highest BCUT2D eigenvalue weighted by Gasteiger charge is 2.15. The number of carbonyl (C=O) groups is 2. The molecule has 1 aromatic rings. The van der Waals surface area contributed by atoms with Crippen LogP contribution in [-0.4, -0.2) is 31.7 Å². The summed E-state index contributed by atoms with van der Waals surface area (Å²) >= 11 is 0. The fourth-order valence-corrected chi connectivity index (χ4v) is 0.856. The average Bonchev–Trinajstić information content (AvgIpc) is 2.13. The Hall–Kier alpha value is -2.38. The molecule has 0 atom stereocenters. The number of nitrogens with two attached hydrogens (primary N) is 1. The first-order chi connectivity index (χ1) is 6.91. The molecule has 0 aliphatic carbocycles. The monoisotopic (exact) mass is 213 g/mol. The van der Waals surface area contributed by atoms with Crippen molar-refractivity contribution in [2.24, 2.45) is 5.73 Å². The van der Waals surface area contributed by atoms with Gasteiger partial charge < -0.3 is 16.0 Å². The van der Waals surface area contributed by atoms with Crippen LogP contribution in [0.4, 0.5) is 0 Å². The van der Waals surface area contributed by atoms with Crippen molar-refractivity contribution in [1.82, 2.24) is 9.71 Å². The molecule has 1 aromatic heterocycles. The third kappa shape index (κ3) is 2.30. The fourth-order valence-electron chi connectivity index (χ4n) is 0.856. The smallest absolute Gasteiger partial charge is 0.289 e. The molecule has 80 valence electrons. The topological polar surface area (TPSA) is 136 Å². The molecule has 0 aromatic carbocycles. The van der Waals surface area contributed by atoms with E-state index in [9.17, 15) is 14.4 Å². The summed E-state index contributed by atoms with van der Waals surface area (Å²) in [5.74, 6) is -3.36. The van der Waals surface area contributed by atoms with E-state index in [1.165, 1.54) is 0 Å². The van der Waals surface area contributed by atoms with Gasteiger partial charge in [-0.3, -0.25) is 14.4 Å². The number of Topliss-reactive ketones (excluding diaryl/α,β-unsaturated/α-hetero) is 1. The third-order valence-corrected chi connectivity index (χ3v) is 1.54. The van der Waals surface area contributed by atoms with E-state index in [4.69, 9.17) is 10.3 Å². The van der Waals surface area contributed by atoms with E-state index in [1.807, 2.05) is 0 Å². The summed E-state index contributed by atoms with van der Waals surface area (Å²) in [7, 11) is 0. The zero-order valence-corrected chi connectivity index (χ0v) is 7.38. The van der Waals surface area contributed by atoms with E-state index in [1.54, 1.807) is 0 Å². The molecule has 0 aliphatic rings. The number of hydrogen-bond donors (Lipinski definition) is 3. The molecule has 1 amide bonds. The van der Waals surface area contributed by atoms with Gasteiger partial charge in [0.25, 0.3) is 11.5 Å². The van der Waals surface area contributed by atoms with Gasteiger partial charge in [-0.1, -0.05) is 0 Å². The third-order valence-electron chi connectivity index (χ3n) is 1.54. The second-order valence-electron chi connectivity index (χ2n) is 2.64. The Bertz CT molecular complexity index is 478. The van der Waals surface area contributed by atoms with Gasteiger partial charge in [-0.2, -0.15) is 4.98 Å². The summed E-state index contributed by atoms with van der Waals surface area (Å²) in [6, 6.07) is 0.651. The average molecular weight is 213 g/mol. The van der Waals surface area contributed by atoms with Crippen LogP contribution in [-0.2, 0) is 16.0 Å². The van der Waals surface area contributed by atoms with Crippen LogP contribution in [0.5, 0.6) is 5.88 Å². The summed E-state index contributed by atoms with van der Waals surface area (Å²) in [6.07, 6.45) is -0.657. The minimum atomic E-state index is -1.22. The van der Waals surface area contributed by atoms with Crippen molar-refractivity contribution >= 4 is 11.7 Å². The van der Waals surface area contributed by atoms with Crippen LogP contribution in [0.1, 0.15) is 5.82 Å². The highest BCUT2D eigenvalue weighted by Crippen LogP contribution is 2.01. The SMILES string of the molecule is NC(=O)C(=O)Cc1nc(O)cc(=O)n1O. The van der Waals surface area contributed by atoms with Crippen molar-refractivity contribution in [3.63, 3.8) is 0 Å². The summed E-state index contributed by atoms with van der Waals surface area (Å²) in [5, 5.41) is 18.0. The predicted molar refractivity (Wildman–Crippen MR) is 45.3 cm³/mol. The number of primary amides is 1. The second-order valence-corrected chi connectivity index (χ2v) is 2.64. The van der Waals surface area contributed by atoms with Crippen LogP contribution in [0.25, 0.3) is 0 Å². The van der Waals surface area contributed by atoms with Crippen molar-refractivity contribution in [3.05, 3.63) is 22.2 Å². The quantitative estimate of drug-likeness (QED) is 0.384. The number of aromatic hydroxyl groups is 1. The van der Waals surface area contributed by atoms with E-state index >= 15 is 0 Å². The Morgan fingerprint density at radius 1 is 1.53 bits per heavy atom. The first-order valence-corrected chi connectivity index (χ1v) is 3.75. The maximum atomic E-state index is 10.9. The number of aromatic nitrogens is 2. The number of rotatable bonds is 3. The van der Waals surface area contributed by atoms with Gasteiger partial charge in [0.2, 0.25) is 11.7 Å². The van der Waals surface area contributed by atoms with Crippen LogP contribution in [0.15, 0.2) is 10.9 Å². The lowest BCUT2D eigenvalue weighted by Gasteiger charge is -2.03. The molecule has 0 saturated heterocycles. The number of nitrogens with zero attached hydrogens (tertiary/aromatic N) is 2. The minimum Gasteiger partial charge on any atom is -0.493 e. The molecule has 0 saturated carbocycles. The number of ketones is 1. The minimum absolute atomic E-state index is 0.0561. The maximum Gasteiger partial charge on any atom is 0.289 e. The van der Waals surface area contributed by atoms with Gasteiger partial charge >= 0.3 is 0 Å². The van der Waals surface area contributed by atoms with E-state index < -0.39 is 35.4 Å². The molecular weight excluding hydrogens is 206 g/mol. The lowest BCUT2D eigenvalue weighted by molar-refractivity contribution is -0.135. The number of carbonyl (C=O) groups excluding carboxylic acids is 2. The summed E-state index contributed by atoms with van der Waals surface area (Å²) in [4.78, 5) is 35.5. The molecule has 1 rings (SSSR count). The Morgan fingerprint density at radius 3 is 2.67 bits per heavy atom. The van der Waals surface area contributed by atoms with E-state index in [0.29, 0.717) is 6.07 Å². The lowest BCUT2D eigenvalue weighted by Crippen LogP contribution is -2.29. The number of amides is 1. The molecule has 0 fully saturated rings. The summed E-state index contributed by atoms with van der Waals surface area (Å²) < 4.78 is 0.0561. The normalized spacial score (nSPS) is 9.87. The van der Waals surface area contributed by atoms with Gasteiger partial charge in [0.15, 0.2) is 5.82 Å². The van der Waals surface area contributed by atoms with Gasteiger partial charge in [-0.05, 0) is 0 Å². The van der Waals surface area contributed by atoms with Crippen LogP contribution >= 0.6 is 0 Å². The van der Waals surface area contributed by atoms with E-state index in [2.05, 4.69) is 10.7 Å². The Morgan fingerprint density at radius 2 is 2.13 bits per heavy atom. The maximum absolute atomic E-state index is 10.9. The molecule has 15 heavy (non-hydrogen) atoms. The van der Waals surface area contributed by atoms with Gasteiger partial charge in [0.1, 0.15) is 0 Å². The largest absolute Gasteiger partial charge is 0.493 e. The first-order valence-electron chi connectivity index (χ1n) is 3.75. The molecule has 4 N–H and O–H groups in total. The fraction of sp³-hybridized carbons (Fsp3) is 0.143. The molecule has 0 spiro atoms. The van der Waals surface area contributed by atoms with Crippen LogP contribution in [0.3, 0.4) is 0 Å². The Balaban J connectivity index is 3.10. The number of hydrogen-bond acceptors (Lipinski definition) is 6. The first kappa shape index (κ1) is 10.7. The lowest BCUT2D eigenvalue weighted by atomic mass is 10.2. The molecule has 0 radical (unpaired) electrons. The Kier molecular flexibility index (Phi) is 2.70. The molecular formula is C7H7N3O5. The van der Waals surface area contributed by atoms with Crippen molar-refractivity contribution in [2.45, 2.75) is 6.42 Å². The standard InChI is InChI=1S/C7H7N3O5/c8-7(14)3(11)1-4-9-5(12)2-6(13)10(4)15/h2,12,15H,1H2,(H2,8,14). The van der Waals surface area contributed by atoms with Gasteiger partial charge in [-0.25, -0.2) is 0 Å². The zero-order chi connectivity index (χ0) is 11.6. The van der Waals surface area contributed by atoms with Crippen LogP contribution in [0.2, 0.25) is 0 Å². The summed E-state index contributed by atoms with van der Waals surface area (Å²) in [6.45, 7) is 0. The van der Waals surface area contributed by atoms with Gasteiger partial charge in [0.05, 0.1) is 12.5 Å². The second kappa shape index (κ2) is 3.78.